The van der Waals surface area contributed by atoms with E-state index >= 15 is 0 Å². The number of hydrogen-bond acceptors (Lipinski definition) is 12. The minimum Gasteiger partial charge on any atom is -0.459 e. The molecule has 4 unspecified atom stereocenters. The van der Waals surface area contributed by atoms with Gasteiger partial charge in [0.1, 0.15) is 26.4 Å². The summed E-state index contributed by atoms with van der Waals surface area (Å²) in [6.45, 7) is 19.9. The molecule has 306 valence electrons. The molecule has 54 heavy (non-hydrogen) atoms. The van der Waals surface area contributed by atoms with Crippen LogP contribution < -0.4 is 21.3 Å². The van der Waals surface area contributed by atoms with E-state index in [2.05, 4.69) is 76.0 Å². The molecule has 0 aromatic rings. The number of alkyl carbamates (subject to hydrolysis) is 4. The molecule has 2 fully saturated rings. The Hall–Kier alpha value is -4.50. The van der Waals surface area contributed by atoms with Gasteiger partial charge < -0.3 is 49.7 Å². The fourth-order valence-electron chi connectivity index (χ4n) is 8.04. The molecule has 0 aromatic heterocycles. The fourth-order valence-corrected chi connectivity index (χ4v) is 8.04. The van der Waals surface area contributed by atoms with E-state index in [0.29, 0.717) is 38.8 Å². The Morgan fingerprint density at radius 2 is 0.852 bits per heavy atom. The summed E-state index contributed by atoms with van der Waals surface area (Å²) in [5.41, 5.74) is -0.825. The first-order valence-corrected chi connectivity index (χ1v) is 18.5. The summed E-state index contributed by atoms with van der Waals surface area (Å²) in [6.07, 6.45) is 5.17. The highest BCUT2D eigenvalue weighted by atomic mass is 16.6. The van der Waals surface area contributed by atoms with Gasteiger partial charge >= 0.3 is 36.3 Å². The van der Waals surface area contributed by atoms with Crippen LogP contribution in [-0.2, 0) is 38.0 Å². The quantitative estimate of drug-likeness (QED) is 0.0572. The molecule has 0 aliphatic heterocycles. The van der Waals surface area contributed by atoms with Crippen LogP contribution in [0.15, 0.2) is 25.3 Å². The Bertz CT molecular complexity index is 1220. The van der Waals surface area contributed by atoms with Gasteiger partial charge in [-0.15, -0.1) is 0 Å². The molecule has 16 heteroatoms. The van der Waals surface area contributed by atoms with Crippen LogP contribution in [0, 0.1) is 21.7 Å². The molecule has 2 saturated carbocycles. The van der Waals surface area contributed by atoms with Crippen LogP contribution in [0.3, 0.4) is 0 Å². The van der Waals surface area contributed by atoms with Gasteiger partial charge in [-0.05, 0) is 73.0 Å². The van der Waals surface area contributed by atoms with Gasteiger partial charge in [0.05, 0.1) is 13.2 Å². The highest BCUT2D eigenvalue weighted by Crippen LogP contribution is 2.47. The third kappa shape index (κ3) is 18.5. The number of amides is 4. The van der Waals surface area contributed by atoms with E-state index < -0.39 is 36.3 Å². The Balaban J connectivity index is 1.67. The minimum atomic E-state index is -0.616. The van der Waals surface area contributed by atoms with Gasteiger partial charge in [0.15, 0.2) is 0 Å². The van der Waals surface area contributed by atoms with E-state index in [1.54, 1.807) is 0 Å². The predicted molar refractivity (Wildman–Crippen MR) is 198 cm³/mol. The molecule has 2 rings (SSSR count). The standard InChI is InChI=1S/C38H62N4O12/c1-9-29(43)49-15-17-53-31(45)39-25-37(7)21-27(19-35(3,4)23-37)41-33(47)51-13-11-12-14-52-34(48)42-28-20-36(5,6)24-38(8,22-28)26-40-32(46)54-18-16-50-30(44)10-2/h9-10,27-28H,1-2,11-26H2,3-8H3,(H,39,45)(H,40,46)(H,41,47)(H,42,48). The second kappa shape index (κ2) is 21.4. The normalized spacial score (nSPS) is 24.0. The van der Waals surface area contributed by atoms with E-state index in [1.807, 2.05) is 0 Å². The summed E-state index contributed by atoms with van der Waals surface area (Å²) in [5, 5.41) is 11.5. The van der Waals surface area contributed by atoms with Crippen molar-refractivity contribution in [2.45, 2.75) is 105 Å². The van der Waals surface area contributed by atoms with Crippen LogP contribution in [-0.4, -0.2) is 101 Å². The molecule has 16 nitrogen and oxygen atoms in total. The SMILES string of the molecule is C=CC(=O)OCCOC(=O)NCC1(C)CC(NC(=O)OCCCCOC(=O)NC2CC(C)(C)CC(C)(CNC(=O)OCCOC(=O)C=C)C2)CC(C)(C)C1. The number of esters is 2. The lowest BCUT2D eigenvalue weighted by molar-refractivity contribution is -0.139. The van der Waals surface area contributed by atoms with Gasteiger partial charge in [0.2, 0.25) is 0 Å². The maximum Gasteiger partial charge on any atom is 0.407 e. The zero-order valence-corrected chi connectivity index (χ0v) is 32.9. The molecule has 4 atom stereocenters. The third-order valence-electron chi connectivity index (χ3n) is 9.31. The van der Waals surface area contributed by atoms with E-state index in [0.717, 1.165) is 37.8 Å². The highest BCUT2D eigenvalue weighted by molar-refractivity contribution is 5.81. The van der Waals surface area contributed by atoms with Crippen molar-refractivity contribution in [1.82, 2.24) is 21.3 Å². The van der Waals surface area contributed by atoms with Crippen molar-refractivity contribution in [3.8, 4) is 0 Å². The van der Waals surface area contributed by atoms with E-state index in [-0.39, 0.29) is 73.4 Å². The molecule has 2 aliphatic rings. The largest absolute Gasteiger partial charge is 0.459 e. The molecule has 0 bridgehead atoms. The van der Waals surface area contributed by atoms with Gasteiger partial charge in [-0.2, -0.15) is 0 Å². The molecule has 0 heterocycles. The maximum atomic E-state index is 12.6. The Kier molecular flexibility index (Phi) is 18.1. The van der Waals surface area contributed by atoms with Crippen LogP contribution in [0.25, 0.3) is 0 Å². The molecule has 4 amide bonds. The molecular weight excluding hydrogens is 704 g/mol. The first kappa shape index (κ1) is 45.7. The Morgan fingerprint density at radius 3 is 1.20 bits per heavy atom. The van der Waals surface area contributed by atoms with Crippen LogP contribution in [0.1, 0.15) is 92.9 Å². The number of rotatable bonds is 19. The molecule has 0 spiro atoms. The van der Waals surface area contributed by atoms with E-state index in [1.165, 1.54) is 0 Å². The fraction of sp³-hybridized carbons (Fsp3) is 0.737. The van der Waals surface area contributed by atoms with Crippen molar-refractivity contribution in [1.29, 1.82) is 0 Å². The summed E-state index contributed by atoms with van der Waals surface area (Å²) in [6, 6.07) is -0.322. The lowest BCUT2D eigenvalue weighted by atomic mass is 9.62. The number of carbonyl (C=O) groups excluding carboxylic acids is 6. The smallest absolute Gasteiger partial charge is 0.407 e. The van der Waals surface area contributed by atoms with E-state index in [4.69, 9.17) is 28.4 Å². The number of nitrogens with one attached hydrogen (secondary N) is 4. The van der Waals surface area contributed by atoms with Crippen molar-refractivity contribution in [3.63, 3.8) is 0 Å². The van der Waals surface area contributed by atoms with Crippen LogP contribution in [0.2, 0.25) is 0 Å². The average Bonchev–Trinajstić information content (AvgIpc) is 3.06. The van der Waals surface area contributed by atoms with Gasteiger partial charge in [0, 0.05) is 37.3 Å². The summed E-state index contributed by atoms with van der Waals surface area (Å²) in [4.78, 5) is 71.9. The average molecular weight is 767 g/mol. The topological polar surface area (TPSA) is 206 Å². The summed E-state index contributed by atoms with van der Waals surface area (Å²) in [7, 11) is 0. The summed E-state index contributed by atoms with van der Waals surface area (Å²) in [5.74, 6) is -1.18. The zero-order chi connectivity index (χ0) is 40.4. The van der Waals surface area contributed by atoms with Crippen molar-refractivity contribution in [2.24, 2.45) is 21.7 Å². The molecule has 0 aromatic carbocycles. The zero-order valence-electron chi connectivity index (χ0n) is 32.9. The lowest BCUT2D eigenvalue weighted by Gasteiger charge is -2.46. The van der Waals surface area contributed by atoms with Crippen LogP contribution >= 0.6 is 0 Å². The van der Waals surface area contributed by atoms with Gasteiger partial charge in [-0.3, -0.25) is 0 Å². The predicted octanol–water partition coefficient (Wildman–Crippen LogP) is 5.30. The molecule has 0 radical (unpaired) electrons. The molecule has 2 aliphatic carbocycles. The Morgan fingerprint density at radius 1 is 0.519 bits per heavy atom. The number of hydrogen-bond donors (Lipinski definition) is 4. The molecular formula is C38H62N4O12. The number of ether oxygens (including phenoxy) is 6. The van der Waals surface area contributed by atoms with Gasteiger partial charge in [0.25, 0.3) is 0 Å². The second-order valence-corrected chi connectivity index (χ2v) is 16.5. The summed E-state index contributed by atoms with van der Waals surface area (Å²) >= 11 is 0. The van der Waals surface area contributed by atoms with E-state index in [9.17, 15) is 28.8 Å². The first-order chi connectivity index (χ1) is 25.3. The van der Waals surface area contributed by atoms with Crippen LogP contribution in [0.4, 0.5) is 19.2 Å². The first-order valence-electron chi connectivity index (χ1n) is 18.5. The molecule has 4 N–H and O–H groups in total. The van der Waals surface area contributed by atoms with Crippen LogP contribution in [0.5, 0.6) is 0 Å². The Labute approximate surface area is 319 Å². The van der Waals surface area contributed by atoms with Crippen molar-refractivity contribution in [2.75, 3.05) is 52.7 Å². The molecule has 0 saturated heterocycles. The second-order valence-electron chi connectivity index (χ2n) is 16.5. The lowest BCUT2D eigenvalue weighted by Crippen LogP contribution is -2.50. The minimum absolute atomic E-state index is 0.0674. The number of carbonyl (C=O) groups is 6. The van der Waals surface area contributed by atoms with Crippen molar-refractivity contribution < 1.29 is 57.2 Å². The third-order valence-corrected chi connectivity index (χ3v) is 9.31. The van der Waals surface area contributed by atoms with Gasteiger partial charge in [-0.1, -0.05) is 54.7 Å². The highest BCUT2D eigenvalue weighted by Gasteiger charge is 2.43. The van der Waals surface area contributed by atoms with Gasteiger partial charge in [-0.25, -0.2) is 28.8 Å². The van der Waals surface area contributed by atoms with Crippen molar-refractivity contribution >= 4 is 36.3 Å². The summed E-state index contributed by atoms with van der Waals surface area (Å²) < 4.78 is 30.6. The maximum absolute atomic E-state index is 12.6. The monoisotopic (exact) mass is 766 g/mol. The number of unbranched alkanes of at least 4 members (excludes halogenated alkanes) is 1. The van der Waals surface area contributed by atoms with Crippen molar-refractivity contribution in [3.05, 3.63) is 25.3 Å².